The van der Waals surface area contributed by atoms with E-state index in [2.05, 4.69) is 0 Å². The van der Waals surface area contributed by atoms with Gasteiger partial charge in [-0.2, -0.15) is 13.2 Å². The molecule has 0 radical (unpaired) electrons. The molecule has 8 heteroatoms. The van der Waals surface area contributed by atoms with Crippen LogP contribution in [0.25, 0.3) is 0 Å². The zero-order chi connectivity index (χ0) is 23.0. The van der Waals surface area contributed by atoms with Crippen LogP contribution in [0.15, 0.2) is 48.5 Å². The van der Waals surface area contributed by atoms with Crippen LogP contribution in [-0.2, 0) is 16.5 Å². The third kappa shape index (κ3) is 5.18. The van der Waals surface area contributed by atoms with Crippen molar-refractivity contribution in [2.75, 3.05) is 6.54 Å². The quantitative estimate of drug-likeness (QED) is 0.599. The Morgan fingerprint density at radius 3 is 2.16 bits per heavy atom. The number of rotatable bonds is 5. The Kier molecular flexibility index (Phi) is 6.06. The van der Waals surface area contributed by atoms with Gasteiger partial charge in [0.05, 0.1) is 17.2 Å². The Morgan fingerprint density at radius 2 is 1.68 bits per heavy atom. The molecule has 2 atom stereocenters. The lowest BCUT2D eigenvalue weighted by Crippen LogP contribution is -2.51. The van der Waals surface area contributed by atoms with E-state index in [9.17, 15) is 27.5 Å². The van der Waals surface area contributed by atoms with E-state index < -0.39 is 40.9 Å². The molecule has 0 saturated carbocycles. The predicted molar refractivity (Wildman–Crippen MR) is 107 cm³/mol. The number of hydrogen-bond acceptors (Lipinski definition) is 3. The van der Waals surface area contributed by atoms with Crippen LogP contribution >= 0.6 is 0 Å². The highest BCUT2D eigenvalue weighted by Gasteiger charge is 2.46. The Labute approximate surface area is 178 Å². The molecule has 2 aromatic carbocycles. The first-order valence-corrected chi connectivity index (χ1v) is 9.96. The summed E-state index contributed by atoms with van der Waals surface area (Å²) in [6, 6.07) is 9.75. The van der Waals surface area contributed by atoms with Crippen molar-refractivity contribution in [3.05, 3.63) is 71.0 Å². The molecule has 168 valence electrons. The van der Waals surface area contributed by atoms with E-state index in [1.165, 1.54) is 41.3 Å². The van der Waals surface area contributed by atoms with Crippen molar-refractivity contribution in [3.8, 4) is 0 Å². The van der Waals surface area contributed by atoms with Crippen molar-refractivity contribution in [2.45, 2.75) is 57.0 Å². The van der Waals surface area contributed by atoms with Gasteiger partial charge in [-0.15, -0.1) is 0 Å². The number of alkyl halides is 3. The minimum Gasteiger partial charge on any atom is -0.438 e. The van der Waals surface area contributed by atoms with Crippen LogP contribution in [-0.4, -0.2) is 28.2 Å². The number of carbonyl (C=O) groups excluding carboxylic acids is 1. The fourth-order valence-corrected chi connectivity index (χ4v) is 4.03. The maximum atomic E-state index is 13.4. The first-order valence-electron chi connectivity index (χ1n) is 9.96. The second-order valence-electron chi connectivity index (χ2n) is 8.60. The van der Waals surface area contributed by atoms with Crippen LogP contribution in [0.4, 0.5) is 22.4 Å². The first kappa shape index (κ1) is 23.1. The number of benzene rings is 2. The molecule has 3 rings (SSSR count). The normalized spacial score (nSPS) is 21.0. The largest absolute Gasteiger partial charge is 0.438 e. The standard InChI is InChI=1S/C23H25F4NO3/c1-15(16-4-6-18(7-5-16)23(25,26)27)28-13-12-22(31-20(28)29,14-21(2,3)30)17-8-10-19(24)11-9-17/h4-11,15,30H,12-14H2,1-3H3/t15-,22-/m0/s1. The van der Waals surface area contributed by atoms with Crippen LogP contribution in [0.2, 0.25) is 0 Å². The molecule has 1 aliphatic heterocycles. The zero-order valence-corrected chi connectivity index (χ0v) is 17.5. The number of ether oxygens (including phenoxy) is 1. The van der Waals surface area contributed by atoms with Crippen molar-refractivity contribution < 1.29 is 32.2 Å². The van der Waals surface area contributed by atoms with E-state index in [0.717, 1.165) is 12.1 Å². The number of hydrogen-bond donors (Lipinski definition) is 1. The van der Waals surface area contributed by atoms with Crippen LogP contribution < -0.4 is 0 Å². The highest BCUT2D eigenvalue weighted by Crippen LogP contribution is 2.42. The summed E-state index contributed by atoms with van der Waals surface area (Å²) in [4.78, 5) is 14.4. The first-order chi connectivity index (χ1) is 14.3. The van der Waals surface area contributed by atoms with Gasteiger partial charge >= 0.3 is 12.3 Å². The van der Waals surface area contributed by atoms with Gasteiger partial charge in [0.1, 0.15) is 11.4 Å². The van der Waals surface area contributed by atoms with Gasteiger partial charge in [-0.05, 0) is 56.2 Å². The number of nitrogens with zero attached hydrogens (tertiary/aromatic N) is 1. The van der Waals surface area contributed by atoms with E-state index in [4.69, 9.17) is 4.74 Å². The number of aliphatic hydroxyl groups is 1. The van der Waals surface area contributed by atoms with E-state index >= 15 is 0 Å². The monoisotopic (exact) mass is 439 g/mol. The molecule has 0 spiro atoms. The SMILES string of the molecule is C[C@@H](c1ccc(C(F)(F)F)cc1)N1CC[C@](CC(C)(C)O)(c2ccc(F)cc2)OC1=O. The van der Waals surface area contributed by atoms with Crippen LogP contribution in [0, 0.1) is 5.82 Å². The molecule has 4 nitrogen and oxygen atoms in total. The fourth-order valence-electron chi connectivity index (χ4n) is 4.03. The van der Waals surface area contributed by atoms with Gasteiger partial charge in [-0.3, -0.25) is 0 Å². The van der Waals surface area contributed by atoms with E-state index in [1.54, 1.807) is 20.8 Å². The van der Waals surface area contributed by atoms with Crippen molar-refractivity contribution in [2.24, 2.45) is 0 Å². The molecule has 2 aromatic rings. The van der Waals surface area contributed by atoms with Gasteiger partial charge in [0.15, 0.2) is 0 Å². The van der Waals surface area contributed by atoms with Gasteiger partial charge < -0.3 is 14.7 Å². The molecule has 1 fully saturated rings. The molecule has 1 heterocycles. The molecular formula is C23H25F4NO3. The lowest BCUT2D eigenvalue weighted by molar-refractivity contribution is -0.137. The summed E-state index contributed by atoms with van der Waals surface area (Å²) in [7, 11) is 0. The maximum absolute atomic E-state index is 13.4. The summed E-state index contributed by atoms with van der Waals surface area (Å²) in [5.41, 5.74) is -1.94. The third-order valence-corrected chi connectivity index (χ3v) is 5.55. The van der Waals surface area contributed by atoms with Crippen molar-refractivity contribution in [1.82, 2.24) is 4.90 Å². The van der Waals surface area contributed by atoms with Crippen LogP contribution in [0.1, 0.15) is 56.3 Å². The van der Waals surface area contributed by atoms with Gasteiger partial charge in [-0.25, -0.2) is 9.18 Å². The third-order valence-electron chi connectivity index (χ3n) is 5.55. The van der Waals surface area contributed by atoms with Crippen molar-refractivity contribution in [1.29, 1.82) is 0 Å². The lowest BCUT2D eigenvalue weighted by atomic mass is 9.80. The van der Waals surface area contributed by atoms with Gasteiger partial charge in [0.25, 0.3) is 0 Å². The maximum Gasteiger partial charge on any atom is 0.416 e. The molecular weight excluding hydrogens is 414 g/mol. The molecule has 0 bridgehead atoms. The van der Waals surface area contributed by atoms with E-state index in [1.807, 2.05) is 0 Å². The van der Waals surface area contributed by atoms with E-state index in [-0.39, 0.29) is 13.0 Å². The van der Waals surface area contributed by atoms with Gasteiger partial charge in [0.2, 0.25) is 0 Å². The lowest BCUT2D eigenvalue weighted by Gasteiger charge is -2.45. The second-order valence-corrected chi connectivity index (χ2v) is 8.60. The second kappa shape index (κ2) is 8.15. The zero-order valence-electron chi connectivity index (χ0n) is 17.5. The molecule has 0 aliphatic carbocycles. The summed E-state index contributed by atoms with van der Waals surface area (Å²) in [5, 5.41) is 10.4. The van der Waals surface area contributed by atoms with Crippen molar-refractivity contribution in [3.63, 3.8) is 0 Å². The van der Waals surface area contributed by atoms with Crippen LogP contribution in [0.5, 0.6) is 0 Å². The topological polar surface area (TPSA) is 49.8 Å². The van der Waals surface area contributed by atoms with Crippen LogP contribution in [0.3, 0.4) is 0 Å². The summed E-state index contributed by atoms with van der Waals surface area (Å²) in [6.45, 7) is 5.17. The molecule has 31 heavy (non-hydrogen) atoms. The molecule has 1 saturated heterocycles. The number of amides is 1. The number of carbonyl (C=O) groups is 1. The predicted octanol–water partition coefficient (Wildman–Crippen LogP) is 5.80. The molecule has 1 N–H and O–H groups in total. The number of cyclic esters (lactones) is 1. The van der Waals surface area contributed by atoms with Gasteiger partial charge in [-0.1, -0.05) is 24.3 Å². The smallest absolute Gasteiger partial charge is 0.416 e. The van der Waals surface area contributed by atoms with Crippen molar-refractivity contribution >= 4 is 6.09 Å². The minimum atomic E-state index is -4.43. The Hall–Kier alpha value is -2.61. The Morgan fingerprint density at radius 1 is 1.10 bits per heavy atom. The molecule has 0 aromatic heterocycles. The Balaban J connectivity index is 1.84. The summed E-state index contributed by atoms with van der Waals surface area (Å²) in [6.07, 6.45) is -4.64. The highest BCUT2D eigenvalue weighted by atomic mass is 19.4. The Bertz CT molecular complexity index is 920. The average molecular weight is 439 g/mol. The summed E-state index contributed by atoms with van der Waals surface area (Å²) >= 11 is 0. The minimum absolute atomic E-state index is 0.111. The highest BCUT2D eigenvalue weighted by molar-refractivity contribution is 5.70. The van der Waals surface area contributed by atoms with Gasteiger partial charge in [0, 0.05) is 19.4 Å². The fraction of sp³-hybridized carbons (Fsp3) is 0.435. The number of halogens is 4. The summed E-state index contributed by atoms with van der Waals surface area (Å²) < 4.78 is 57.7. The molecule has 1 amide bonds. The average Bonchev–Trinajstić information content (AvgIpc) is 2.66. The summed E-state index contributed by atoms with van der Waals surface area (Å²) in [5.74, 6) is -0.429. The van der Waals surface area contributed by atoms with E-state index in [0.29, 0.717) is 17.5 Å². The molecule has 0 unspecified atom stereocenters. The molecule has 1 aliphatic rings.